The minimum absolute atomic E-state index is 0.0710. The normalized spacial score (nSPS) is 16.8. The van der Waals surface area contributed by atoms with Gasteiger partial charge in [0.1, 0.15) is 13.2 Å². The first kappa shape index (κ1) is 11.4. The summed E-state index contributed by atoms with van der Waals surface area (Å²) in [7, 11) is 0. The number of nitrogens with zero attached hydrogens (tertiary/aromatic N) is 1. The number of carbonyl (C=O) groups is 2. The van der Waals surface area contributed by atoms with Gasteiger partial charge in [-0.25, -0.2) is 0 Å². The van der Waals surface area contributed by atoms with E-state index in [0.717, 1.165) is 13.1 Å². The highest BCUT2D eigenvalue weighted by atomic mass is 35.5. The van der Waals surface area contributed by atoms with Gasteiger partial charge in [0.25, 0.3) is 0 Å². The second-order valence-corrected chi connectivity index (χ2v) is 3.40. The molecule has 6 heteroatoms. The molecular formula is C8H13ClN2O3. The molecule has 1 saturated heterocycles. The second kappa shape index (κ2) is 5.95. The predicted molar refractivity (Wildman–Crippen MR) is 51.1 cm³/mol. The first-order valence-corrected chi connectivity index (χ1v) is 4.82. The van der Waals surface area contributed by atoms with Crippen LogP contribution in [0.1, 0.15) is 0 Å². The Labute approximate surface area is 87.3 Å². The minimum Gasteiger partial charge on any atom is -0.362 e. The highest BCUT2D eigenvalue weighted by molar-refractivity contribution is 6.63. The zero-order chi connectivity index (χ0) is 10.4. The summed E-state index contributed by atoms with van der Waals surface area (Å²) in [5, 5.41) is 2.55. The van der Waals surface area contributed by atoms with Crippen LogP contribution in [-0.2, 0) is 14.3 Å². The van der Waals surface area contributed by atoms with E-state index in [-0.39, 0.29) is 19.1 Å². The highest BCUT2D eigenvalue weighted by Crippen LogP contribution is 1.94. The monoisotopic (exact) mass is 220 g/mol. The maximum atomic E-state index is 11.4. The molecule has 0 saturated carbocycles. The topological polar surface area (TPSA) is 58.6 Å². The molecule has 80 valence electrons. The van der Waals surface area contributed by atoms with E-state index in [1.807, 2.05) is 0 Å². The largest absolute Gasteiger partial charge is 0.362 e. The molecule has 1 N–H and O–H groups in total. The molecule has 1 fully saturated rings. The number of piperazine rings is 1. The predicted octanol–water partition coefficient (Wildman–Crippen LogP) is -0.800. The smallest absolute Gasteiger partial charge is 0.248 e. The molecule has 0 aromatic rings. The first-order valence-electron chi connectivity index (χ1n) is 4.44. The van der Waals surface area contributed by atoms with Crippen molar-refractivity contribution in [1.29, 1.82) is 0 Å². The van der Waals surface area contributed by atoms with E-state index in [2.05, 4.69) is 5.32 Å². The SMILES string of the molecule is O=C(Cl)COCC(=O)N1CCNCC1. The molecule has 0 aliphatic carbocycles. The molecule has 1 rings (SSSR count). The number of hydrogen-bond acceptors (Lipinski definition) is 4. The lowest BCUT2D eigenvalue weighted by Crippen LogP contribution is -2.47. The van der Waals surface area contributed by atoms with Gasteiger partial charge in [0.2, 0.25) is 11.1 Å². The van der Waals surface area contributed by atoms with E-state index >= 15 is 0 Å². The molecule has 1 aliphatic rings. The van der Waals surface area contributed by atoms with Crippen molar-refractivity contribution in [1.82, 2.24) is 10.2 Å². The number of ether oxygens (including phenoxy) is 1. The molecule has 1 aliphatic heterocycles. The standard InChI is InChI=1S/C8H13ClN2O3/c9-7(12)5-14-6-8(13)11-3-1-10-2-4-11/h10H,1-6H2. The van der Waals surface area contributed by atoms with Crippen molar-refractivity contribution in [3.63, 3.8) is 0 Å². The molecule has 0 aromatic heterocycles. The fourth-order valence-electron chi connectivity index (χ4n) is 1.22. The van der Waals surface area contributed by atoms with Gasteiger partial charge in [-0.1, -0.05) is 0 Å². The average Bonchev–Trinajstić information content (AvgIpc) is 2.18. The van der Waals surface area contributed by atoms with Gasteiger partial charge in [-0.2, -0.15) is 0 Å². The Balaban J connectivity index is 2.16. The van der Waals surface area contributed by atoms with Crippen LogP contribution in [0.3, 0.4) is 0 Å². The van der Waals surface area contributed by atoms with Gasteiger partial charge < -0.3 is 15.0 Å². The van der Waals surface area contributed by atoms with E-state index in [1.165, 1.54) is 0 Å². The van der Waals surface area contributed by atoms with Crippen LogP contribution < -0.4 is 5.32 Å². The number of nitrogens with one attached hydrogen (secondary N) is 1. The Morgan fingerprint density at radius 1 is 1.29 bits per heavy atom. The lowest BCUT2D eigenvalue weighted by molar-refractivity contribution is -0.137. The number of rotatable bonds is 4. The summed E-state index contributed by atoms with van der Waals surface area (Å²) < 4.78 is 4.82. The summed E-state index contributed by atoms with van der Waals surface area (Å²) >= 11 is 5.05. The van der Waals surface area contributed by atoms with Crippen LogP contribution in [0, 0.1) is 0 Å². The molecule has 0 radical (unpaired) electrons. The van der Waals surface area contributed by atoms with E-state index < -0.39 is 5.24 Å². The van der Waals surface area contributed by atoms with Crippen LogP contribution in [0.4, 0.5) is 0 Å². The Morgan fingerprint density at radius 3 is 2.50 bits per heavy atom. The van der Waals surface area contributed by atoms with Gasteiger partial charge in [-0.05, 0) is 11.6 Å². The van der Waals surface area contributed by atoms with Gasteiger partial charge in [-0.15, -0.1) is 0 Å². The zero-order valence-electron chi connectivity index (χ0n) is 7.79. The number of carbonyl (C=O) groups excluding carboxylic acids is 2. The molecule has 0 aromatic carbocycles. The third-order valence-corrected chi connectivity index (χ3v) is 2.02. The molecule has 0 bridgehead atoms. The van der Waals surface area contributed by atoms with E-state index in [4.69, 9.17) is 16.3 Å². The molecule has 1 heterocycles. The first-order chi connectivity index (χ1) is 6.70. The molecular weight excluding hydrogens is 208 g/mol. The molecule has 1 amide bonds. The lowest BCUT2D eigenvalue weighted by Gasteiger charge is -2.27. The van der Waals surface area contributed by atoms with Gasteiger partial charge in [-0.3, -0.25) is 9.59 Å². The Hall–Kier alpha value is -0.650. The molecule has 5 nitrogen and oxygen atoms in total. The average molecular weight is 221 g/mol. The fraction of sp³-hybridized carbons (Fsp3) is 0.750. The molecule has 0 spiro atoms. The van der Waals surface area contributed by atoms with E-state index in [1.54, 1.807) is 4.90 Å². The van der Waals surface area contributed by atoms with E-state index in [9.17, 15) is 9.59 Å². The van der Waals surface area contributed by atoms with Crippen molar-refractivity contribution in [3.8, 4) is 0 Å². The minimum atomic E-state index is -0.585. The molecule has 14 heavy (non-hydrogen) atoms. The second-order valence-electron chi connectivity index (χ2n) is 2.98. The van der Waals surface area contributed by atoms with Crippen molar-refractivity contribution in [2.24, 2.45) is 0 Å². The zero-order valence-corrected chi connectivity index (χ0v) is 8.55. The maximum Gasteiger partial charge on any atom is 0.248 e. The summed E-state index contributed by atoms with van der Waals surface area (Å²) in [6.07, 6.45) is 0. The van der Waals surface area contributed by atoms with Crippen LogP contribution in [0.25, 0.3) is 0 Å². The van der Waals surface area contributed by atoms with Crippen LogP contribution in [0.5, 0.6) is 0 Å². The van der Waals surface area contributed by atoms with Crippen LogP contribution in [0.15, 0.2) is 0 Å². The Morgan fingerprint density at radius 2 is 1.93 bits per heavy atom. The van der Waals surface area contributed by atoms with Gasteiger partial charge in [0, 0.05) is 26.2 Å². The summed E-state index contributed by atoms with van der Waals surface area (Å²) in [6.45, 7) is 2.71. The number of hydrogen-bond donors (Lipinski definition) is 1. The van der Waals surface area contributed by atoms with Crippen molar-refractivity contribution >= 4 is 22.8 Å². The quantitative estimate of drug-likeness (QED) is 0.631. The highest BCUT2D eigenvalue weighted by Gasteiger charge is 2.15. The molecule has 0 atom stereocenters. The van der Waals surface area contributed by atoms with Gasteiger partial charge in [0.05, 0.1) is 0 Å². The van der Waals surface area contributed by atoms with Gasteiger partial charge in [0.15, 0.2) is 0 Å². The van der Waals surface area contributed by atoms with Crippen molar-refractivity contribution < 1.29 is 14.3 Å². The summed E-state index contributed by atoms with van der Waals surface area (Å²) in [6, 6.07) is 0. The van der Waals surface area contributed by atoms with Crippen molar-refractivity contribution in [2.45, 2.75) is 0 Å². The summed E-state index contributed by atoms with van der Waals surface area (Å²) in [4.78, 5) is 23.4. The molecule has 0 unspecified atom stereocenters. The van der Waals surface area contributed by atoms with Crippen molar-refractivity contribution in [3.05, 3.63) is 0 Å². The van der Waals surface area contributed by atoms with Crippen molar-refractivity contribution in [2.75, 3.05) is 39.4 Å². The lowest BCUT2D eigenvalue weighted by atomic mass is 10.3. The fourth-order valence-corrected chi connectivity index (χ4v) is 1.30. The summed E-state index contributed by atoms with van der Waals surface area (Å²) in [5.74, 6) is -0.0931. The van der Waals surface area contributed by atoms with E-state index in [0.29, 0.717) is 13.1 Å². The Bertz CT molecular complexity index is 217. The number of amides is 1. The van der Waals surface area contributed by atoms with Crippen LogP contribution in [-0.4, -0.2) is 55.4 Å². The van der Waals surface area contributed by atoms with Crippen LogP contribution in [0.2, 0.25) is 0 Å². The summed E-state index contributed by atoms with van der Waals surface area (Å²) in [5.41, 5.74) is 0. The third-order valence-electron chi connectivity index (χ3n) is 1.91. The van der Waals surface area contributed by atoms with Gasteiger partial charge >= 0.3 is 0 Å². The maximum absolute atomic E-state index is 11.4. The third kappa shape index (κ3) is 4.04. The number of halogens is 1. The van der Waals surface area contributed by atoms with Crippen LogP contribution >= 0.6 is 11.6 Å². The Kier molecular flexibility index (Phi) is 4.86.